The minimum Gasteiger partial charge on any atom is -0.494 e. The van der Waals surface area contributed by atoms with E-state index in [-0.39, 0.29) is 11.4 Å². The highest BCUT2D eigenvalue weighted by Crippen LogP contribution is 2.29. The SMILES string of the molecule is COc1ccc(C)c(N=C=O)c1F. The lowest BCUT2D eigenvalue weighted by atomic mass is 10.2. The van der Waals surface area contributed by atoms with Crippen molar-refractivity contribution in [2.24, 2.45) is 4.99 Å². The lowest BCUT2D eigenvalue weighted by molar-refractivity contribution is 0.387. The number of hydrogen-bond acceptors (Lipinski definition) is 3. The van der Waals surface area contributed by atoms with Gasteiger partial charge in [0.2, 0.25) is 6.08 Å². The van der Waals surface area contributed by atoms with E-state index in [0.29, 0.717) is 5.56 Å². The Morgan fingerprint density at radius 1 is 1.54 bits per heavy atom. The van der Waals surface area contributed by atoms with Crippen LogP contribution in [-0.4, -0.2) is 13.2 Å². The molecule has 0 heterocycles. The summed E-state index contributed by atoms with van der Waals surface area (Å²) in [5, 5.41) is 0. The number of ether oxygens (including phenoxy) is 1. The summed E-state index contributed by atoms with van der Waals surface area (Å²) in [5.41, 5.74) is 0.552. The Hall–Kier alpha value is -1.67. The quantitative estimate of drug-likeness (QED) is 0.517. The third-order valence-corrected chi connectivity index (χ3v) is 1.66. The number of halogens is 1. The van der Waals surface area contributed by atoms with Crippen LogP contribution >= 0.6 is 0 Å². The fourth-order valence-corrected chi connectivity index (χ4v) is 0.983. The summed E-state index contributed by atoms with van der Waals surface area (Å²) >= 11 is 0. The zero-order chi connectivity index (χ0) is 9.84. The van der Waals surface area contributed by atoms with Gasteiger partial charge in [0.05, 0.1) is 7.11 Å². The molecular formula is C9H8FNO2. The maximum absolute atomic E-state index is 13.3. The molecule has 1 aromatic rings. The molecule has 0 amide bonds. The molecule has 0 bridgehead atoms. The average Bonchev–Trinajstić information content (AvgIpc) is 2.12. The third-order valence-electron chi connectivity index (χ3n) is 1.66. The molecule has 0 saturated carbocycles. The van der Waals surface area contributed by atoms with Crippen LogP contribution in [0.15, 0.2) is 17.1 Å². The molecule has 0 fully saturated rings. The maximum atomic E-state index is 13.3. The monoisotopic (exact) mass is 181 g/mol. The summed E-state index contributed by atoms with van der Waals surface area (Å²) in [4.78, 5) is 13.2. The number of methoxy groups -OCH3 is 1. The minimum atomic E-state index is -0.633. The summed E-state index contributed by atoms with van der Waals surface area (Å²) in [6, 6.07) is 3.10. The molecule has 0 atom stereocenters. The third kappa shape index (κ3) is 1.73. The Labute approximate surface area is 74.9 Å². The van der Waals surface area contributed by atoms with Crippen molar-refractivity contribution in [2.45, 2.75) is 6.92 Å². The fraction of sp³-hybridized carbons (Fsp3) is 0.222. The number of aryl methyl sites for hydroxylation is 1. The summed E-state index contributed by atoms with van der Waals surface area (Å²) in [6.45, 7) is 1.65. The van der Waals surface area contributed by atoms with Gasteiger partial charge in [0.1, 0.15) is 5.69 Å². The molecule has 1 aromatic carbocycles. The molecule has 0 aromatic heterocycles. The van der Waals surface area contributed by atoms with Gasteiger partial charge in [0.15, 0.2) is 11.6 Å². The van der Waals surface area contributed by atoms with E-state index in [1.807, 2.05) is 0 Å². The highest BCUT2D eigenvalue weighted by atomic mass is 19.1. The second kappa shape index (κ2) is 3.83. The number of aliphatic imine (C=N–C) groups is 1. The molecule has 0 saturated heterocycles. The van der Waals surface area contributed by atoms with Crippen molar-refractivity contribution in [1.29, 1.82) is 0 Å². The van der Waals surface area contributed by atoms with E-state index in [4.69, 9.17) is 4.74 Å². The van der Waals surface area contributed by atoms with Gasteiger partial charge in [-0.1, -0.05) is 6.07 Å². The Morgan fingerprint density at radius 3 is 2.77 bits per heavy atom. The smallest absolute Gasteiger partial charge is 0.240 e. The van der Waals surface area contributed by atoms with Gasteiger partial charge < -0.3 is 4.74 Å². The van der Waals surface area contributed by atoms with Crippen LogP contribution in [0.3, 0.4) is 0 Å². The summed E-state index contributed by atoms with van der Waals surface area (Å²) in [6.07, 6.45) is 1.30. The van der Waals surface area contributed by atoms with E-state index in [9.17, 15) is 9.18 Å². The van der Waals surface area contributed by atoms with Gasteiger partial charge in [-0.25, -0.2) is 9.18 Å². The standard InChI is InChI=1S/C9H8FNO2/c1-6-3-4-7(13-2)8(10)9(6)11-5-12/h3-4H,1-2H3. The van der Waals surface area contributed by atoms with Crippen LogP contribution in [-0.2, 0) is 4.79 Å². The van der Waals surface area contributed by atoms with Crippen LogP contribution < -0.4 is 4.74 Å². The second-order valence-electron chi connectivity index (χ2n) is 2.45. The second-order valence-corrected chi connectivity index (χ2v) is 2.45. The summed E-state index contributed by atoms with van der Waals surface area (Å²) < 4.78 is 18.0. The predicted molar refractivity (Wildman–Crippen MR) is 45.5 cm³/mol. The van der Waals surface area contributed by atoms with Crippen molar-refractivity contribution in [2.75, 3.05) is 7.11 Å². The summed E-state index contributed by atoms with van der Waals surface area (Å²) in [7, 11) is 1.35. The number of hydrogen-bond donors (Lipinski definition) is 0. The molecular weight excluding hydrogens is 173 g/mol. The Kier molecular flexibility index (Phi) is 2.77. The van der Waals surface area contributed by atoms with Crippen LogP contribution in [0.2, 0.25) is 0 Å². The largest absolute Gasteiger partial charge is 0.494 e. The molecule has 0 radical (unpaired) electrons. The van der Waals surface area contributed by atoms with E-state index < -0.39 is 5.82 Å². The van der Waals surface area contributed by atoms with Crippen molar-refractivity contribution in [1.82, 2.24) is 0 Å². The Morgan fingerprint density at radius 2 is 2.23 bits per heavy atom. The van der Waals surface area contributed by atoms with Gasteiger partial charge in [0, 0.05) is 0 Å². The number of carbonyl (C=O) groups excluding carboxylic acids is 1. The molecule has 68 valence electrons. The van der Waals surface area contributed by atoms with Crippen LogP contribution in [0.4, 0.5) is 10.1 Å². The molecule has 0 aliphatic carbocycles. The molecule has 4 heteroatoms. The van der Waals surface area contributed by atoms with Gasteiger partial charge in [-0.2, -0.15) is 4.99 Å². The molecule has 0 aliphatic heterocycles. The van der Waals surface area contributed by atoms with Crippen molar-refractivity contribution in [3.8, 4) is 5.75 Å². The van der Waals surface area contributed by atoms with E-state index in [1.165, 1.54) is 19.3 Å². The van der Waals surface area contributed by atoms with Crippen LogP contribution in [0, 0.1) is 12.7 Å². The number of benzene rings is 1. The van der Waals surface area contributed by atoms with Gasteiger partial charge in [-0.15, -0.1) is 0 Å². The van der Waals surface area contributed by atoms with Crippen LogP contribution in [0.1, 0.15) is 5.56 Å². The predicted octanol–water partition coefficient (Wildman–Crippen LogP) is 2.11. The van der Waals surface area contributed by atoms with Crippen molar-refractivity contribution >= 4 is 11.8 Å². The molecule has 1 rings (SSSR count). The van der Waals surface area contributed by atoms with Gasteiger partial charge in [-0.05, 0) is 18.6 Å². The Bertz CT molecular complexity index is 370. The minimum absolute atomic E-state index is 0.0191. The summed E-state index contributed by atoms with van der Waals surface area (Å²) in [5.74, 6) is -0.564. The van der Waals surface area contributed by atoms with E-state index in [1.54, 1.807) is 13.0 Å². The lowest BCUT2D eigenvalue weighted by Gasteiger charge is -2.04. The van der Waals surface area contributed by atoms with Gasteiger partial charge in [0.25, 0.3) is 0 Å². The van der Waals surface area contributed by atoms with Gasteiger partial charge >= 0.3 is 0 Å². The molecule has 0 aliphatic rings. The van der Waals surface area contributed by atoms with Crippen molar-refractivity contribution < 1.29 is 13.9 Å². The van der Waals surface area contributed by atoms with Crippen molar-refractivity contribution in [3.05, 3.63) is 23.5 Å². The van der Waals surface area contributed by atoms with Gasteiger partial charge in [-0.3, -0.25) is 0 Å². The maximum Gasteiger partial charge on any atom is 0.240 e. The lowest BCUT2D eigenvalue weighted by Crippen LogP contribution is -1.89. The normalized spacial score (nSPS) is 9.15. The highest BCUT2D eigenvalue weighted by Gasteiger charge is 2.10. The van der Waals surface area contributed by atoms with Crippen LogP contribution in [0.5, 0.6) is 5.75 Å². The topological polar surface area (TPSA) is 38.7 Å². The number of nitrogens with zero attached hydrogens (tertiary/aromatic N) is 1. The number of rotatable bonds is 2. The molecule has 3 nitrogen and oxygen atoms in total. The zero-order valence-electron chi connectivity index (χ0n) is 7.30. The Balaban J connectivity index is 3.37. The van der Waals surface area contributed by atoms with Crippen molar-refractivity contribution in [3.63, 3.8) is 0 Å². The average molecular weight is 181 g/mol. The number of isocyanates is 1. The van der Waals surface area contributed by atoms with E-state index in [0.717, 1.165) is 0 Å². The first-order valence-corrected chi connectivity index (χ1v) is 3.61. The molecule has 0 unspecified atom stereocenters. The molecule has 13 heavy (non-hydrogen) atoms. The van der Waals surface area contributed by atoms with E-state index >= 15 is 0 Å². The van der Waals surface area contributed by atoms with E-state index in [2.05, 4.69) is 4.99 Å². The molecule has 0 spiro atoms. The first-order chi connectivity index (χ1) is 6.20. The zero-order valence-corrected chi connectivity index (χ0v) is 7.30. The van der Waals surface area contributed by atoms with Crippen LogP contribution in [0.25, 0.3) is 0 Å². The highest BCUT2D eigenvalue weighted by molar-refractivity contribution is 5.57. The first-order valence-electron chi connectivity index (χ1n) is 3.61. The first kappa shape index (κ1) is 9.42. The fourth-order valence-electron chi connectivity index (χ4n) is 0.983. The molecule has 0 N–H and O–H groups in total.